The van der Waals surface area contributed by atoms with E-state index in [9.17, 15) is 9.59 Å². The summed E-state index contributed by atoms with van der Waals surface area (Å²) in [7, 11) is 0. The normalized spacial score (nSPS) is 10.3. The minimum atomic E-state index is -0.312. The van der Waals surface area contributed by atoms with Gasteiger partial charge in [0, 0.05) is 30.9 Å². The first-order chi connectivity index (χ1) is 10.2. The molecule has 1 aromatic heterocycles. The fourth-order valence-corrected chi connectivity index (χ4v) is 2.10. The highest BCUT2D eigenvalue weighted by molar-refractivity contribution is 5.94. The molecule has 2 rings (SSSR count). The summed E-state index contributed by atoms with van der Waals surface area (Å²) in [5, 5.41) is 9.12. The molecule has 1 aromatic carbocycles. The van der Waals surface area contributed by atoms with Crippen molar-refractivity contribution in [1.82, 2.24) is 9.88 Å². The number of rotatable bonds is 6. The number of aliphatic hydroxyl groups excluding tert-OH is 1. The molecular weight excluding hydrogens is 268 g/mol. The number of H-pyrrole nitrogens is 1. The standard InChI is InChI=1S/C16H18N2O3/c19-11-10-18(9-7-13-4-2-1-3-5-13)16(21)14-6-8-17-15(20)12-14/h1-6,8,12,19H,7,9-11H2,(H,17,20). The van der Waals surface area contributed by atoms with E-state index in [1.54, 1.807) is 11.0 Å². The Bertz CT molecular complexity index is 637. The molecule has 5 heteroatoms. The summed E-state index contributed by atoms with van der Waals surface area (Å²) in [5.41, 5.74) is 1.15. The quantitative estimate of drug-likeness (QED) is 0.833. The van der Waals surface area contributed by atoms with E-state index < -0.39 is 0 Å². The molecule has 2 N–H and O–H groups in total. The van der Waals surface area contributed by atoms with Crippen LogP contribution in [0.5, 0.6) is 0 Å². The summed E-state index contributed by atoms with van der Waals surface area (Å²) < 4.78 is 0. The van der Waals surface area contributed by atoms with Crippen molar-refractivity contribution >= 4 is 5.91 Å². The number of pyridine rings is 1. The van der Waals surface area contributed by atoms with Gasteiger partial charge in [0.1, 0.15) is 0 Å². The van der Waals surface area contributed by atoms with Gasteiger partial charge in [-0.25, -0.2) is 0 Å². The van der Waals surface area contributed by atoms with Gasteiger partial charge in [0.05, 0.1) is 6.61 Å². The summed E-state index contributed by atoms with van der Waals surface area (Å²) in [6.07, 6.45) is 2.15. The Morgan fingerprint density at radius 1 is 1.14 bits per heavy atom. The van der Waals surface area contributed by atoms with Crippen molar-refractivity contribution in [2.45, 2.75) is 6.42 Å². The van der Waals surface area contributed by atoms with Crippen LogP contribution in [0.1, 0.15) is 15.9 Å². The van der Waals surface area contributed by atoms with E-state index in [-0.39, 0.29) is 24.6 Å². The highest BCUT2D eigenvalue weighted by atomic mass is 16.3. The van der Waals surface area contributed by atoms with Gasteiger partial charge in [0.25, 0.3) is 5.91 Å². The SMILES string of the molecule is O=C(c1cc[nH]c(=O)c1)N(CCO)CCc1ccccc1. The molecule has 0 fully saturated rings. The Balaban J connectivity index is 2.07. The van der Waals surface area contributed by atoms with Crippen LogP contribution in [0.25, 0.3) is 0 Å². The molecule has 110 valence electrons. The summed E-state index contributed by atoms with van der Waals surface area (Å²) >= 11 is 0. The third-order valence-corrected chi connectivity index (χ3v) is 3.19. The first-order valence-electron chi connectivity index (χ1n) is 6.83. The fourth-order valence-electron chi connectivity index (χ4n) is 2.10. The van der Waals surface area contributed by atoms with Gasteiger partial charge in [-0.05, 0) is 18.1 Å². The number of carbonyl (C=O) groups excluding carboxylic acids is 1. The molecule has 0 saturated carbocycles. The van der Waals surface area contributed by atoms with Crippen LogP contribution in [0.2, 0.25) is 0 Å². The second-order valence-electron chi connectivity index (χ2n) is 4.69. The van der Waals surface area contributed by atoms with Gasteiger partial charge in [-0.1, -0.05) is 30.3 Å². The number of aliphatic hydroxyl groups is 1. The van der Waals surface area contributed by atoms with Gasteiger partial charge in [0.2, 0.25) is 5.56 Å². The van der Waals surface area contributed by atoms with Crippen LogP contribution in [-0.4, -0.2) is 40.6 Å². The largest absolute Gasteiger partial charge is 0.395 e. The topological polar surface area (TPSA) is 73.4 Å². The highest BCUT2D eigenvalue weighted by Crippen LogP contribution is 2.05. The minimum Gasteiger partial charge on any atom is -0.395 e. The van der Waals surface area contributed by atoms with E-state index in [0.717, 1.165) is 5.56 Å². The Morgan fingerprint density at radius 3 is 2.57 bits per heavy atom. The number of carbonyl (C=O) groups is 1. The maximum atomic E-state index is 12.4. The lowest BCUT2D eigenvalue weighted by molar-refractivity contribution is 0.0723. The lowest BCUT2D eigenvalue weighted by atomic mass is 10.1. The van der Waals surface area contributed by atoms with Crippen molar-refractivity contribution in [3.05, 3.63) is 70.1 Å². The van der Waals surface area contributed by atoms with E-state index in [1.165, 1.54) is 12.3 Å². The third-order valence-electron chi connectivity index (χ3n) is 3.19. The molecule has 1 heterocycles. The lowest BCUT2D eigenvalue weighted by Crippen LogP contribution is -2.35. The molecule has 0 spiro atoms. The molecule has 2 aromatic rings. The number of aromatic amines is 1. The molecule has 0 saturated heterocycles. The van der Waals surface area contributed by atoms with E-state index in [0.29, 0.717) is 18.5 Å². The molecule has 0 radical (unpaired) electrons. The molecular formula is C16H18N2O3. The molecule has 0 aliphatic rings. The number of benzene rings is 1. The highest BCUT2D eigenvalue weighted by Gasteiger charge is 2.15. The van der Waals surface area contributed by atoms with Crippen LogP contribution >= 0.6 is 0 Å². The molecule has 21 heavy (non-hydrogen) atoms. The fraction of sp³-hybridized carbons (Fsp3) is 0.250. The third kappa shape index (κ3) is 4.29. The van der Waals surface area contributed by atoms with Crippen molar-refractivity contribution in [3.8, 4) is 0 Å². The van der Waals surface area contributed by atoms with Gasteiger partial charge in [-0.2, -0.15) is 0 Å². The van der Waals surface area contributed by atoms with Crippen LogP contribution in [0.4, 0.5) is 0 Å². The number of hydrogen-bond donors (Lipinski definition) is 2. The molecule has 0 aliphatic heterocycles. The van der Waals surface area contributed by atoms with Crippen LogP contribution in [0.3, 0.4) is 0 Å². The Kier molecular flexibility index (Phi) is 5.29. The van der Waals surface area contributed by atoms with E-state index >= 15 is 0 Å². The molecule has 0 unspecified atom stereocenters. The zero-order valence-electron chi connectivity index (χ0n) is 11.7. The van der Waals surface area contributed by atoms with Crippen LogP contribution in [-0.2, 0) is 6.42 Å². The molecule has 0 bridgehead atoms. The number of aromatic nitrogens is 1. The molecule has 5 nitrogen and oxygen atoms in total. The second-order valence-corrected chi connectivity index (χ2v) is 4.69. The predicted octanol–water partition coefficient (Wildman–Crippen LogP) is 1.05. The zero-order chi connectivity index (χ0) is 15.1. The maximum absolute atomic E-state index is 12.4. The molecule has 0 atom stereocenters. The van der Waals surface area contributed by atoms with Crippen molar-refractivity contribution in [3.63, 3.8) is 0 Å². The van der Waals surface area contributed by atoms with E-state index in [2.05, 4.69) is 4.98 Å². The second kappa shape index (κ2) is 7.40. The van der Waals surface area contributed by atoms with Crippen molar-refractivity contribution in [2.75, 3.05) is 19.7 Å². The van der Waals surface area contributed by atoms with Crippen molar-refractivity contribution < 1.29 is 9.90 Å². The summed E-state index contributed by atoms with van der Waals surface area (Å²) in [5.74, 6) is -0.244. The van der Waals surface area contributed by atoms with Crippen molar-refractivity contribution in [1.29, 1.82) is 0 Å². The average Bonchev–Trinajstić information content (AvgIpc) is 2.52. The van der Waals surface area contributed by atoms with Gasteiger partial charge >= 0.3 is 0 Å². The van der Waals surface area contributed by atoms with Gasteiger partial charge in [0.15, 0.2) is 0 Å². The predicted molar refractivity (Wildman–Crippen MR) is 80.2 cm³/mol. The Labute approximate surface area is 122 Å². The molecule has 0 aliphatic carbocycles. The smallest absolute Gasteiger partial charge is 0.254 e. The summed E-state index contributed by atoms with van der Waals surface area (Å²) in [6, 6.07) is 12.7. The van der Waals surface area contributed by atoms with E-state index in [4.69, 9.17) is 5.11 Å². The van der Waals surface area contributed by atoms with Gasteiger partial charge in [-0.3, -0.25) is 9.59 Å². The van der Waals surface area contributed by atoms with Crippen molar-refractivity contribution in [2.24, 2.45) is 0 Å². The van der Waals surface area contributed by atoms with Crippen LogP contribution in [0, 0.1) is 0 Å². The first kappa shape index (κ1) is 15.0. The summed E-state index contributed by atoms with van der Waals surface area (Å²) in [4.78, 5) is 27.7. The van der Waals surface area contributed by atoms with Crippen LogP contribution in [0.15, 0.2) is 53.5 Å². The van der Waals surface area contributed by atoms with Gasteiger partial charge in [-0.15, -0.1) is 0 Å². The lowest BCUT2D eigenvalue weighted by Gasteiger charge is -2.21. The molecule has 1 amide bonds. The number of hydrogen-bond acceptors (Lipinski definition) is 3. The van der Waals surface area contributed by atoms with E-state index in [1.807, 2.05) is 30.3 Å². The minimum absolute atomic E-state index is 0.107. The Morgan fingerprint density at radius 2 is 1.90 bits per heavy atom. The average molecular weight is 286 g/mol. The number of nitrogens with one attached hydrogen (secondary N) is 1. The first-order valence-corrected chi connectivity index (χ1v) is 6.83. The van der Waals surface area contributed by atoms with Crippen LogP contribution < -0.4 is 5.56 Å². The monoisotopic (exact) mass is 286 g/mol. The number of amides is 1. The Hall–Kier alpha value is -2.40. The zero-order valence-corrected chi connectivity index (χ0v) is 11.7. The maximum Gasteiger partial charge on any atom is 0.254 e. The number of nitrogens with zero attached hydrogens (tertiary/aromatic N) is 1. The van der Waals surface area contributed by atoms with Gasteiger partial charge < -0.3 is 15.0 Å². The summed E-state index contributed by atoms with van der Waals surface area (Å²) in [6.45, 7) is 0.637.